The van der Waals surface area contributed by atoms with Crippen molar-refractivity contribution >= 4 is 11.4 Å². The van der Waals surface area contributed by atoms with E-state index in [4.69, 9.17) is 9.84 Å². The fourth-order valence-electron chi connectivity index (χ4n) is 1.83. The summed E-state index contributed by atoms with van der Waals surface area (Å²) in [5.74, 6) is -0.251. The van der Waals surface area contributed by atoms with Crippen molar-refractivity contribution in [1.29, 1.82) is 0 Å². The summed E-state index contributed by atoms with van der Waals surface area (Å²) in [6.07, 6.45) is 6.79. The lowest BCUT2D eigenvalue weighted by Gasteiger charge is -2.16. The van der Waals surface area contributed by atoms with Crippen LogP contribution >= 0.6 is 0 Å². The molecule has 0 spiro atoms. The zero-order chi connectivity index (χ0) is 13.7. The van der Waals surface area contributed by atoms with Crippen molar-refractivity contribution < 1.29 is 14.6 Å². The highest BCUT2D eigenvalue weighted by molar-refractivity contribution is 6.00. The number of ether oxygens (including phenoxy) is 1. The lowest BCUT2D eigenvalue weighted by molar-refractivity contribution is 0.0880. The van der Waals surface area contributed by atoms with E-state index in [0.717, 1.165) is 0 Å². The van der Waals surface area contributed by atoms with Gasteiger partial charge in [-0.05, 0) is 6.42 Å². The van der Waals surface area contributed by atoms with E-state index < -0.39 is 0 Å². The first-order valence-corrected chi connectivity index (χ1v) is 5.94. The molecule has 19 heavy (non-hydrogen) atoms. The maximum atomic E-state index is 12.2. The Morgan fingerprint density at radius 1 is 1.58 bits per heavy atom. The van der Waals surface area contributed by atoms with Gasteiger partial charge in [-0.1, -0.05) is 0 Å². The zero-order valence-electron chi connectivity index (χ0n) is 10.6. The van der Waals surface area contributed by atoms with Gasteiger partial charge in [-0.25, -0.2) is 4.52 Å². The Kier molecular flexibility index (Phi) is 4.43. The average molecular weight is 264 g/mol. The number of hydrogen-bond acceptors (Lipinski definition) is 5. The summed E-state index contributed by atoms with van der Waals surface area (Å²) in [5, 5.41) is 15.8. The first-order chi connectivity index (χ1) is 9.26. The molecule has 0 saturated heterocycles. The molecule has 2 aromatic rings. The number of amides is 1. The normalized spacial score (nSPS) is 12.5. The van der Waals surface area contributed by atoms with Crippen molar-refractivity contribution in [3.8, 4) is 0 Å². The van der Waals surface area contributed by atoms with E-state index in [2.05, 4.69) is 15.4 Å². The molecule has 0 saturated carbocycles. The third-order valence-electron chi connectivity index (χ3n) is 2.75. The molecule has 2 aromatic heterocycles. The van der Waals surface area contributed by atoms with Gasteiger partial charge in [0, 0.05) is 26.1 Å². The van der Waals surface area contributed by atoms with E-state index in [0.29, 0.717) is 24.1 Å². The molecule has 102 valence electrons. The number of aliphatic hydroxyl groups excluding tert-OH is 1. The monoisotopic (exact) mass is 264 g/mol. The van der Waals surface area contributed by atoms with Crippen molar-refractivity contribution in [2.45, 2.75) is 12.5 Å². The maximum absolute atomic E-state index is 12.2. The van der Waals surface area contributed by atoms with Crippen LogP contribution in [0.4, 0.5) is 0 Å². The molecule has 0 aromatic carbocycles. The number of carbonyl (C=O) groups is 1. The molecule has 0 aliphatic rings. The van der Waals surface area contributed by atoms with Crippen LogP contribution in [-0.2, 0) is 4.74 Å². The van der Waals surface area contributed by atoms with Gasteiger partial charge in [0.05, 0.1) is 36.1 Å². The molecule has 7 nitrogen and oxygen atoms in total. The van der Waals surface area contributed by atoms with E-state index in [1.807, 2.05) is 0 Å². The third-order valence-corrected chi connectivity index (χ3v) is 2.75. The lowest BCUT2D eigenvalue weighted by atomic mass is 10.2. The van der Waals surface area contributed by atoms with Gasteiger partial charge in [0.2, 0.25) is 0 Å². The molecule has 7 heteroatoms. The highest BCUT2D eigenvalue weighted by atomic mass is 16.5. The molecule has 0 bridgehead atoms. The molecule has 2 rings (SSSR count). The summed E-state index contributed by atoms with van der Waals surface area (Å²) in [4.78, 5) is 16.1. The van der Waals surface area contributed by atoms with Gasteiger partial charge in [-0.2, -0.15) is 5.10 Å². The van der Waals surface area contributed by atoms with Crippen LogP contribution < -0.4 is 5.32 Å². The van der Waals surface area contributed by atoms with Crippen molar-refractivity contribution in [2.24, 2.45) is 0 Å². The fraction of sp³-hybridized carbons (Fsp3) is 0.417. The highest BCUT2D eigenvalue weighted by Crippen LogP contribution is 2.09. The number of nitrogens with one attached hydrogen (secondary N) is 1. The molecule has 0 fully saturated rings. The fourth-order valence-corrected chi connectivity index (χ4v) is 1.83. The Morgan fingerprint density at radius 3 is 3.16 bits per heavy atom. The molecule has 0 radical (unpaired) electrons. The van der Waals surface area contributed by atoms with Crippen LogP contribution in [0.2, 0.25) is 0 Å². The predicted octanol–water partition coefficient (Wildman–Crippen LogP) is -0.143. The van der Waals surface area contributed by atoms with Crippen LogP contribution in [0, 0.1) is 0 Å². The third kappa shape index (κ3) is 3.07. The molecule has 0 aliphatic heterocycles. The first kappa shape index (κ1) is 13.4. The van der Waals surface area contributed by atoms with Crippen LogP contribution in [0.25, 0.3) is 5.52 Å². The summed E-state index contributed by atoms with van der Waals surface area (Å²) in [6.45, 7) is 0.342. The molecular formula is C12H16N4O3. The van der Waals surface area contributed by atoms with E-state index in [9.17, 15) is 4.79 Å². The predicted molar refractivity (Wildman–Crippen MR) is 67.8 cm³/mol. The summed E-state index contributed by atoms with van der Waals surface area (Å²) in [6, 6.07) is -0.228. The highest BCUT2D eigenvalue weighted by Gasteiger charge is 2.17. The number of methoxy groups -OCH3 is 1. The lowest BCUT2D eigenvalue weighted by Crippen LogP contribution is -2.38. The van der Waals surface area contributed by atoms with Gasteiger partial charge in [0.15, 0.2) is 0 Å². The second kappa shape index (κ2) is 6.26. The Hall–Kier alpha value is -1.99. The van der Waals surface area contributed by atoms with Gasteiger partial charge in [0.25, 0.3) is 5.91 Å². The minimum atomic E-state index is -0.251. The number of nitrogens with zero attached hydrogens (tertiary/aromatic N) is 3. The molecule has 1 unspecified atom stereocenters. The molecule has 2 N–H and O–H groups in total. The standard InChI is InChI=1S/C12H16N4O3/c1-19-8-9(2-5-17)15-12(18)10-6-14-16-4-3-13-7-11(10)16/h3-4,6-7,9,17H,2,5,8H2,1H3,(H,15,18). The Balaban J connectivity index is 2.14. The zero-order valence-corrected chi connectivity index (χ0v) is 10.6. The Morgan fingerprint density at radius 2 is 2.42 bits per heavy atom. The number of hydrogen-bond donors (Lipinski definition) is 2. The van der Waals surface area contributed by atoms with Crippen LogP contribution in [0.15, 0.2) is 24.8 Å². The van der Waals surface area contributed by atoms with E-state index in [-0.39, 0.29) is 18.6 Å². The molecule has 1 amide bonds. The number of fused-ring (bicyclic) bond motifs is 1. The largest absolute Gasteiger partial charge is 0.396 e. The quantitative estimate of drug-likeness (QED) is 0.758. The van der Waals surface area contributed by atoms with Gasteiger partial charge < -0.3 is 15.2 Å². The van der Waals surface area contributed by atoms with Gasteiger partial charge >= 0.3 is 0 Å². The van der Waals surface area contributed by atoms with Crippen LogP contribution in [0.1, 0.15) is 16.8 Å². The molecule has 2 heterocycles. The molecular weight excluding hydrogens is 248 g/mol. The average Bonchev–Trinajstić information content (AvgIpc) is 2.83. The number of aliphatic hydroxyl groups is 1. The minimum absolute atomic E-state index is 0.00930. The van der Waals surface area contributed by atoms with E-state index in [1.54, 1.807) is 30.2 Å². The van der Waals surface area contributed by atoms with Gasteiger partial charge in [0.1, 0.15) is 0 Å². The van der Waals surface area contributed by atoms with Crippen LogP contribution in [0.5, 0.6) is 0 Å². The topological polar surface area (TPSA) is 88.8 Å². The Bertz CT molecular complexity index is 549. The SMILES string of the molecule is COCC(CCO)NC(=O)c1cnn2ccncc12. The summed E-state index contributed by atoms with van der Waals surface area (Å²) in [5.41, 5.74) is 1.09. The summed E-state index contributed by atoms with van der Waals surface area (Å²) < 4.78 is 6.59. The van der Waals surface area contributed by atoms with Crippen LogP contribution in [0.3, 0.4) is 0 Å². The van der Waals surface area contributed by atoms with Crippen LogP contribution in [-0.4, -0.2) is 52.0 Å². The molecule has 1 atom stereocenters. The second-order valence-corrected chi connectivity index (χ2v) is 4.10. The molecule has 0 aliphatic carbocycles. The van der Waals surface area contributed by atoms with Crippen molar-refractivity contribution in [3.63, 3.8) is 0 Å². The number of rotatable bonds is 6. The van der Waals surface area contributed by atoms with E-state index in [1.165, 1.54) is 6.20 Å². The van der Waals surface area contributed by atoms with Crippen molar-refractivity contribution in [3.05, 3.63) is 30.4 Å². The Labute approximate surface area is 110 Å². The second-order valence-electron chi connectivity index (χ2n) is 4.10. The summed E-state index contributed by atoms with van der Waals surface area (Å²) in [7, 11) is 1.55. The van der Waals surface area contributed by atoms with Crippen molar-refractivity contribution in [2.75, 3.05) is 20.3 Å². The number of carbonyl (C=O) groups excluding carboxylic acids is 1. The van der Waals surface area contributed by atoms with E-state index >= 15 is 0 Å². The smallest absolute Gasteiger partial charge is 0.255 e. The summed E-state index contributed by atoms with van der Waals surface area (Å²) >= 11 is 0. The first-order valence-electron chi connectivity index (χ1n) is 5.94. The van der Waals surface area contributed by atoms with Gasteiger partial charge in [-0.15, -0.1) is 0 Å². The minimum Gasteiger partial charge on any atom is -0.396 e. The van der Waals surface area contributed by atoms with Gasteiger partial charge in [-0.3, -0.25) is 9.78 Å². The maximum Gasteiger partial charge on any atom is 0.255 e. The van der Waals surface area contributed by atoms with Crippen molar-refractivity contribution in [1.82, 2.24) is 19.9 Å². The number of aromatic nitrogens is 3.